The summed E-state index contributed by atoms with van der Waals surface area (Å²) in [5, 5.41) is 2.59. The van der Waals surface area contributed by atoms with Gasteiger partial charge in [-0.2, -0.15) is 0 Å². The van der Waals surface area contributed by atoms with Gasteiger partial charge in [0.15, 0.2) is 0 Å². The fourth-order valence-electron chi connectivity index (χ4n) is 10.9. The van der Waals surface area contributed by atoms with Gasteiger partial charge in [0.2, 0.25) is 0 Å². The predicted octanol–water partition coefficient (Wildman–Crippen LogP) is 17.0. The molecule has 2 nitrogen and oxygen atoms in total. The quantitative estimate of drug-likeness (QED) is 0.158. The fraction of sp³-hybridized carbons (Fsp3) is 0.0164. The van der Waals surface area contributed by atoms with Gasteiger partial charge in [0, 0.05) is 43.9 Å². The van der Waals surface area contributed by atoms with Crippen LogP contribution >= 0.6 is 11.3 Å². The lowest BCUT2D eigenvalue weighted by Gasteiger charge is -2.31. The van der Waals surface area contributed by atoms with Crippen molar-refractivity contribution in [1.82, 2.24) is 0 Å². The second kappa shape index (κ2) is 14.6. The van der Waals surface area contributed by atoms with Crippen LogP contribution in [0.25, 0.3) is 53.6 Å². The molecule has 0 saturated heterocycles. The van der Waals surface area contributed by atoms with E-state index in [1.54, 1.807) is 0 Å². The topological polar surface area (TPSA) is 6.48 Å². The van der Waals surface area contributed by atoms with E-state index in [0.29, 0.717) is 0 Å². The highest BCUT2D eigenvalue weighted by molar-refractivity contribution is 7.26. The van der Waals surface area contributed by atoms with Crippen molar-refractivity contribution in [2.75, 3.05) is 9.80 Å². The normalized spacial score (nSPS) is 14.3. The van der Waals surface area contributed by atoms with Crippen LogP contribution < -0.4 is 9.80 Å². The summed E-state index contributed by atoms with van der Waals surface area (Å²) in [6.45, 7) is 0. The molecule has 64 heavy (non-hydrogen) atoms. The summed E-state index contributed by atoms with van der Waals surface area (Å²) in [7, 11) is 0. The van der Waals surface area contributed by atoms with Crippen molar-refractivity contribution < 1.29 is 0 Å². The van der Waals surface area contributed by atoms with Crippen molar-refractivity contribution in [2.45, 2.75) is 5.41 Å². The number of fused-ring (bicyclic) bond motifs is 13. The summed E-state index contributed by atoms with van der Waals surface area (Å²) in [6, 6.07) is 89.3. The zero-order valence-corrected chi connectivity index (χ0v) is 35.7. The van der Waals surface area contributed by atoms with E-state index in [0.717, 1.165) is 28.4 Å². The first-order chi connectivity index (χ1) is 31.8. The maximum Gasteiger partial charge on any atom is 0.0725 e. The number of para-hydroxylation sites is 3. The molecule has 2 aliphatic carbocycles. The van der Waals surface area contributed by atoms with E-state index >= 15 is 0 Å². The number of anilines is 6. The Morgan fingerprint density at radius 2 is 0.812 bits per heavy atom. The molecule has 2 aliphatic rings. The number of hydrogen-bond donors (Lipinski definition) is 0. The van der Waals surface area contributed by atoms with Crippen molar-refractivity contribution in [3.05, 3.63) is 265 Å². The van der Waals surface area contributed by atoms with Crippen LogP contribution in [0.4, 0.5) is 34.1 Å². The first-order valence-electron chi connectivity index (χ1n) is 22.0. The summed E-state index contributed by atoms with van der Waals surface area (Å²) < 4.78 is 2.59. The van der Waals surface area contributed by atoms with Crippen molar-refractivity contribution in [1.29, 1.82) is 0 Å². The number of benzene rings is 10. The van der Waals surface area contributed by atoms with Crippen LogP contribution in [0.3, 0.4) is 0 Å². The summed E-state index contributed by atoms with van der Waals surface area (Å²) in [4.78, 5) is 4.78. The fourth-order valence-corrected chi connectivity index (χ4v) is 12.1. The molecule has 0 saturated carbocycles. The molecule has 0 radical (unpaired) electrons. The van der Waals surface area contributed by atoms with Crippen LogP contribution in [0.2, 0.25) is 0 Å². The molecule has 11 aromatic rings. The van der Waals surface area contributed by atoms with Crippen LogP contribution in [0, 0.1) is 0 Å². The van der Waals surface area contributed by atoms with Gasteiger partial charge in [0.25, 0.3) is 0 Å². The summed E-state index contributed by atoms with van der Waals surface area (Å²) in [5.41, 5.74) is 19.3. The number of hydrogen-bond acceptors (Lipinski definition) is 3. The minimum absolute atomic E-state index is 0.479. The Hall–Kier alpha value is -7.98. The van der Waals surface area contributed by atoms with Crippen molar-refractivity contribution in [3.63, 3.8) is 0 Å². The van der Waals surface area contributed by atoms with Gasteiger partial charge < -0.3 is 9.80 Å². The monoisotopic (exact) mass is 832 g/mol. The number of thiophene rings is 1. The average Bonchev–Trinajstić information content (AvgIpc) is 4.00. The molecule has 1 aromatic heterocycles. The van der Waals surface area contributed by atoms with Crippen LogP contribution in [0.5, 0.6) is 0 Å². The Kier molecular flexibility index (Phi) is 8.34. The molecule has 300 valence electrons. The van der Waals surface area contributed by atoms with Gasteiger partial charge in [-0.15, -0.1) is 11.3 Å². The Morgan fingerprint density at radius 1 is 0.312 bits per heavy atom. The largest absolute Gasteiger partial charge is 0.311 e. The van der Waals surface area contributed by atoms with E-state index in [1.807, 2.05) is 11.3 Å². The number of nitrogens with zero attached hydrogens (tertiary/aromatic N) is 2. The molecule has 0 N–H and O–H groups in total. The minimum Gasteiger partial charge on any atom is -0.311 e. The van der Waals surface area contributed by atoms with Gasteiger partial charge in [-0.25, -0.2) is 0 Å². The maximum atomic E-state index is 2.46. The maximum absolute atomic E-state index is 2.46. The molecule has 1 unspecified atom stereocenters. The van der Waals surface area contributed by atoms with Crippen LogP contribution in [-0.2, 0) is 5.41 Å². The van der Waals surface area contributed by atoms with Gasteiger partial charge in [-0.1, -0.05) is 170 Å². The molecule has 0 fully saturated rings. The zero-order chi connectivity index (χ0) is 42.2. The van der Waals surface area contributed by atoms with Gasteiger partial charge in [0.05, 0.1) is 15.8 Å². The Morgan fingerprint density at radius 3 is 1.53 bits per heavy atom. The lowest BCUT2D eigenvalue weighted by molar-refractivity contribution is 0.794. The van der Waals surface area contributed by atoms with Gasteiger partial charge in [-0.3, -0.25) is 0 Å². The average molecular weight is 833 g/mol. The standard InChI is InChI=1S/C61H40N2S/c1-4-18-42(19-5-1)62(43-20-6-2-7-21-43)45-36-34-41(35-37-45)47-27-16-31-56-59(47)51-26-11-14-30-54(51)61(56)53-29-13-10-24-48(53)52-40-46(38-39-55(52)61)63(44-22-8-3-9-23-44)57-32-17-28-50-49-25-12-15-33-58(49)64-60(50)57/h1-40H. The highest BCUT2D eigenvalue weighted by Crippen LogP contribution is 2.64. The molecule has 0 amide bonds. The zero-order valence-electron chi connectivity index (χ0n) is 34.9. The predicted molar refractivity (Wildman–Crippen MR) is 270 cm³/mol. The molecule has 10 aromatic carbocycles. The van der Waals surface area contributed by atoms with E-state index in [-0.39, 0.29) is 0 Å². The third-order valence-electron chi connectivity index (χ3n) is 13.5. The van der Waals surface area contributed by atoms with Gasteiger partial charge in [-0.05, 0) is 128 Å². The second-order valence-electron chi connectivity index (χ2n) is 16.8. The molecule has 1 atom stereocenters. The molecule has 3 heteroatoms. The summed E-state index contributed by atoms with van der Waals surface area (Å²) in [5.74, 6) is 0. The van der Waals surface area contributed by atoms with E-state index in [2.05, 4.69) is 252 Å². The van der Waals surface area contributed by atoms with Gasteiger partial charge >= 0.3 is 0 Å². The van der Waals surface area contributed by atoms with Crippen LogP contribution in [-0.4, -0.2) is 0 Å². The SMILES string of the molecule is c1ccc(N(c2ccccc2)c2ccc(-c3cccc4c3-c3ccccc3C43c4ccccc4-c4cc(N(c5ccccc5)c5cccc6c5sc5ccccc56)ccc43)cc2)cc1. The Bertz CT molecular complexity index is 3520. The molecule has 1 spiro atoms. The highest BCUT2D eigenvalue weighted by Gasteiger charge is 2.52. The van der Waals surface area contributed by atoms with E-state index in [9.17, 15) is 0 Å². The summed E-state index contributed by atoms with van der Waals surface area (Å²) >= 11 is 1.88. The summed E-state index contributed by atoms with van der Waals surface area (Å²) in [6.07, 6.45) is 0. The van der Waals surface area contributed by atoms with Crippen molar-refractivity contribution in [2.24, 2.45) is 0 Å². The molecule has 1 heterocycles. The smallest absolute Gasteiger partial charge is 0.0725 e. The first kappa shape index (κ1) is 36.7. The molecule has 0 bridgehead atoms. The first-order valence-corrected chi connectivity index (χ1v) is 22.8. The number of rotatable bonds is 7. The highest BCUT2D eigenvalue weighted by atomic mass is 32.1. The molecular weight excluding hydrogens is 793 g/mol. The second-order valence-corrected chi connectivity index (χ2v) is 17.8. The third-order valence-corrected chi connectivity index (χ3v) is 14.7. The Labute approximate surface area is 377 Å². The van der Waals surface area contributed by atoms with E-state index in [4.69, 9.17) is 0 Å². The van der Waals surface area contributed by atoms with Crippen LogP contribution in [0.1, 0.15) is 22.3 Å². The van der Waals surface area contributed by atoms with Crippen LogP contribution in [0.15, 0.2) is 243 Å². The molecule has 0 aliphatic heterocycles. The lowest BCUT2D eigenvalue weighted by atomic mass is 9.70. The lowest BCUT2D eigenvalue weighted by Crippen LogP contribution is -2.25. The molecule has 13 rings (SSSR count). The third kappa shape index (κ3) is 5.38. The van der Waals surface area contributed by atoms with Crippen molar-refractivity contribution in [3.8, 4) is 33.4 Å². The minimum atomic E-state index is -0.479. The Balaban J connectivity index is 0.987. The van der Waals surface area contributed by atoms with Crippen molar-refractivity contribution >= 4 is 65.6 Å². The van der Waals surface area contributed by atoms with E-state index in [1.165, 1.54) is 81.5 Å². The molecular formula is C61H40N2S. The van der Waals surface area contributed by atoms with Gasteiger partial charge in [0.1, 0.15) is 0 Å². The van der Waals surface area contributed by atoms with E-state index < -0.39 is 5.41 Å².